The highest BCUT2D eigenvalue weighted by molar-refractivity contribution is 9.10. The van der Waals surface area contributed by atoms with Gasteiger partial charge in [0.1, 0.15) is 11.3 Å². The number of rotatable bonds is 5. The summed E-state index contributed by atoms with van der Waals surface area (Å²) >= 11 is 8.80. The summed E-state index contributed by atoms with van der Waals surface area (Å²) in [5.74, 6) is 0.924. The van der Waals surface area contributed by atoms with Gasteiger partial charge in [-0.15, -0.1) is 0 Å². The van der Waals surface area contributed by atoms with E-state index in [0.717, 1.165) is 10.0 Å². The lowest BCUT2D eigenvalue weighted by atomic mass is 10.2. The molecule has 3 aromatic carbocycles. The molecule has 0 radical (unpaired) electrons. The molecule has 6 nitrogen and oxygen atoms in total. The van der Waals surface area contributed by atoms with Crippen molar-refractivity contribution in [2.24, 2.45) is 0 Å². The van der Waals surface area contributed by atoms with Gasteiger partial charge in [0.2, 0.25) is 5.89 Å². The molecular weight excluding hydrogens is 478 g/mol. The minimum atomic E-state index is -0.306. The van der Waals surface area contributed by atoms with E-state index in [2.05, 4.69) is 31.5 Å². The molecule has 8 heteroatoms. The predicted octanol–water partition coefficient (Wildman–Crippen LogP) is 5.78. The van der Waals surface area contributed by atoms with Gasteiger partial charge < -0.3 is 14.5 Å². The molecule has 1 heterocycles. The van der Waals surface area contributed by atoms with Crippen LogP contribution >= 0.6 is 28.1 Å². The Balaban J connectivity index is 1.45. The fourth-order valence-corrected chi connectivity index (χ4v) is 3.63. The summed E-state index contributed by atoms with van der Waals surface area (Å²) in [6.45, 7) is 2.47. The van der Waals surface area contributed by atoms with Gasteiger partial charge in [-0.1, -0.05) is 12.1 Å². The van der Waals surface area contributed by atoms with E-state index in [0.29, 0.717) is 40.6 Å². The average molecular weight is 496 g/mol. The second kappa shape index (κ2) is 9.28. The fourth-order valence-electron chi connectivity index (χ4n) is 2.96. The number of nitrogens with one attached hydrogen (secondary N) is 2. The van der Waals surface area contributed by atoms with Gasteiger partial charge in [-0.05, 0) is 89.7 Å². The van der Waals surface area contributed by atoms with Gasteiger partial charge in [-0.25, -0.2) is 4.98 Å². The van der Waals surface area contributed by atoms with E-state index in [4.69, 9.17) is 21.4 Å². The van der Waals surface area contributed by atoms with Crippen LogP contribution in [0.4, 0.5) is 5.69 Å². The lowest BCUT2D eigenvalue weighted by Gasteiger charge is -2.10. The maximum absolute atomic E-state index is 12.4. The Hall–Kier alpha value is -3.23. The summed E-state index contributed by atoms with van der Waals surface area (Å²) in [6.07, 6.45) is 0. The predicted molar refractivity (Wildman–Crippen MR) is 128 cm³/mol. The van der Waals surface area contributed by atoms with Crippen molar-refractivity contribution in [3.05, 3.63) is 76.8 Å². The largest absolute Gasteiger partial charge is 0.494 e. The summed E-state index contributed by atoms with van der Waals surface area (Å²) in [7, 11) is 0. The minimum absolute atomic E-state index is 0.188. The standard InChI is InChI=1S/C23H18BrN3O3S/c1-2-29-16-10-7-14(8-11-16)21(28)27-23(31)25-15-9-12-20-19(13-15)26-22(30-20)17-5-3-4-6-18(17)24/h3-13H,2H2,1H3,(H2,25,27,28,31). The zero-order valence-corrected chi connectivity index (χ0v) is 18.9. The highest BCUT2D eigenvalue weighted by Gasteiger charge is 2.12. The number of anilines is 1. The van der Waals surface area contributed by atoms with Crippen LogP contribution in [-0.2, 0) is 0 Å². The van der Waals surface area contributed by atoms with Gasteiger partial charge in [-0.3, -0.25) is 10.1 Å². The third-order valence-corrected chi connectivity index (χ3v) is 5.30. The Morgan fingerprint density at radius 1 is 1.13 bits per heavy atom. The number of fused-ring (bicyclic) bond motifs is 1. The highest BCUT2D eigenvalue weighted by Crippen LogP contribution is 2.30. The Morgan fingerprint density at radius 3 is 2.65 bits per heavy atom. The molecule has 0 saturated heterocycles. The van der Waals surface area contributed by atoms with Crippen molar-refractivity contribution in [3.8, 4) is 17.2 Å². The van der Waals surface area contributed by atoms with Crippen LogP contribution in [0.3, 0.4) is 0 Å². The molecule has 0 aliphatic heterocycles. The molecule has 0 aliphatic carbocycles. The number of thiocarbonyl (C=S) groups is 1. The number of carbonyl (C=O) groups is 1. The molecule has 0 aliphatic rings. The average Bonchev–Trinajstić information content (AvgIpc) is 3.18. The fraction of sp³-hybridized carbons (Fsp3) is 0.0870. The van der Waals surface area contributed by atoms with Crippen molar-refractivity contribution >= 4 is 56.0 Å². The normalized spacial score (nSPS) is 10.6. The molecule has 0 spiro atoms. The van der Waals surface area contributed by atoms with Crippen molar-refractivity contribution in [2.75, 3.05) is 11.9 Å². The smallest absolute Gasteiger partial charge is 0.257 e. The second-order valence-corrected chi connectivity index (χ2v) is 7.81. The van der Waals surface area contributed by atoms with Crippen molar-refractivity contribution in [3.63, 3.8) is 0 Å². The zero-order chi connectivity index (χ0) is 21.8. The third-order valence-electron chi connectivity index (χ3n) is 4.40. The van der Waals surface area contributed by atoms with Gasteiger partial charge in [0.25, 0.3) is 5.91 Å². The number of aromatic nitrogens is 1. The van der Waals surface area contributed by atoms with Crippen LogP contribution in [0.1, 0.15) is 17.3 Å². The number of halogens is 1. The number of hydrogen-bond donors (Lipinski definition) is 2. The van der Waals surface area contributed by atoms with Crippen molar-refractivity contribution in [2.45, 2.75) is 6.92 Å². The van der Waals surface area contributed by atoms with Crippen LogP contribution < -0.4 is 15.4 Å². The maximum Gasteiger partial charge on any atom is 0.257 e. The molecule has 1 amide bonds. The zero-order valence-electron chi connectivity index (χ0n) is 16.5. The van der Waals surface area contributed by atoms with Crippen molar-refractivity contribution < 1.29 is 13.9 Å². The van der Waals surface area contributed by atoms with E-state index in [-0.39, 0.29) is 11.0 Å². The van der Waals surface area contributed by atoms with Crippen LogP contribution in [-0.4, -0.2) is 22.6 Å². The maximum atomic E-state index is 12.4. The Morgan fingerprint density at radius 2 is 1.90 bits per heavy atom. The first-order valence-electron chi connectivity index (χ1n) is 9.54. The molecule has 0 fully saturated rings. The molecule has 1 aromatic heterocycles. The first kappa shape index (κ1) is 21.0. The molecule has 0 saturated carbocycles. The number of hydrogen-bond acceptors (Lipinski definition) is 5. The monoisotopic (exact) mass is 495 g/mol. The van der Waals surface area contributed by atoms with Crippen LogP contribution in [0.25, 0.3) is 22.6 Å². The van der Waals surface area contributed by atoms with E-state index in [1.165, 1.54) is 0 Å². The number of oxazole rings is 1. The molecule has 4 rings (SSSR count). The Kier molecular flexibility index (Phi) is 6.29. The number of amides is 1. The lowest BCUT2D eigenvalue weighted by molar-refractivity contribution is 0.0977. The van der Waals surface area contributed by atoms with Gasteiger partial charge in [0.05, 0.1) is 12.2 Å². The molecule has 0 bridgehead atoms. The van der Waals surface area contributed by atoms with E-state index in [1.54, 1.807) is 24.3 Å². The van der Waals surface area contributed by atoms with E-state index in [1.807, 2.05) is 49.4 Å². The first-order chi connectivity index (χ1) is 15.0. The quantitative estimate of drug-likeness (QED) is 0.341. The van der Waals surface area contributed by atoms with Gasteiger partial charge >= 0.3 is 0 Å². The minimum Gasteiger partial charge on any atom is -0.494 e. The molecule has 156 valence electrons. The molecule has 2 N–H and O–H groups in total. The SMILES string of the molecule is CCOc1ccc(C(=O)NC(=S)Nc2ccc3oc(-c4ccccc4Br)nc3c2)cc1. The van der Waals surface area contributed by atoms with Gasteiger partial charge in [-0.2, -0.15) is 0 Å². The Bertz CT molecular complexity index is 1250. The Labute approximate surface area is 192 Å². The lowest BCUT2D eigenvalue weighted by Crippen LogP contribution is -2.34. The van der Waals surface area contributed by atoms with E-state index < -0.39 is 0 Å². The second-order valence-electron chi connectivity index (χ2n) is 6.55. The summed E-state index contributed by atoms with van der Waals surface area (Å²) in [5.41, 5.74) is 3.37. The summed E-state index contributed by atoms with van der Waals surface area (Å²) in [6, 6.07) is 20.0. The summed E-state index contributed by atoms with van der Waals surface area (Å²) in [5, 5.41) is 5.87. The summed E-state index contributed by atoms with van der Waals surface area (Å²) in [4.78, 5) is 17.0. The molecule has 0 unspecified atom stereocenters. The van der Waals surface area contributed by atoms with Gasteiger partial charge in [0.15, 0.2) is 10.7 Å². The first-order valence-corrected chi connectivity index (χ1v) is 10.7. The number of carbonyl (C=O) groups excluding carboxylic acids is 1. The van der Waals surface area contributed by atoms with Crippen LogP contribution in [0.2, 0.25) is 0 Å². The molecule has 31 heavy (non-hydrogen) atoms. The number of nitrogens with zero attached hydrogens (tertiary/aromatic N) is 1. The van der Waals surface area contributed by atoms with Crippen LogP contribution in [0.5, 0.6) is 5.75 Å². The topological polar surface area (TPSA) is 76.4 Å². The summed E-state index contributed by atoms with van der Waals surface area (Å²) < 4.78 is 12.1. The van der Waals surface area contributed by atoms with E-state index in [9.17, 15) is 4.79 Å². The highest BCUT2D eigenvalue weighted by atomic mass is 79.9. The number of benzene rings is 3. The molecule has 0 atom stereocenters. The number of ether oxygens (including phenoxy) is 1. The van der Waals surface area contributed by atoms with Crippen LogP contribution in [0.15, 0.2) is 75.6 Å². The molecular formula is C23H18BrN3O3S. The third kappa shape index (κ3) is 4.92. The van der Waals surface area contributed by atoms with E-state index >= 15 is 0 Å². The van der Waals surface area contributed by atoms with Gasteiger partial charge in [0, 0.05) is 15.7 Å². The van der Waals surface area contributed by atoms with Crippen LogP contribution in [0, 0.1) is 0 Å². The van der Waals surface area contributed by atoms with Crippen molar-refractivity contribution in [1.29, 1.82) is 0 Å². The molecule has 4 aromatic rings. The van der Waals surface area contributed by atoms with Crippen molar-refractivity contribution in [1.82, 2.24) is 10.3 Å².